The molecule has 0 atom stereocenters. The summed E-state index contributed by atoms with van der Waals surface area (Å²) in [5, 5.41) is 4.76. The molecule has 0 aliphatic heterocycles. The number of nitrogens with two attached hydrogens (primary N) is 1. The van der Waals surface area contributed by atoms with E-state index < -0.39 is 0 Å². The quantitative estimate of drug-likeness (QED) is 0.452. The van der Waals surface area contributed by atoms with Crippen molar-refractivity contribution in [1.29, 1.82) is 0 Å². The van der Waals surface area contributed by atoms with Crippen molar-refractivity contribution < 1.29 is 0 Å². The zero-order valence-corrected chi connectivity index (χ0v) is 9.90. The molecule has 1 rings (SSSR count). The molecular weight excluding hydrogens is 198 g/mol. The lowest BCUT2D eigenvalue weighted by Gasteiger charge is -2.21. The molecule has 0 fully saturated rings. The molecule has 3 heteroatoms. The van der Waals surface area contributed by atoms with Crippen molar-refractivity contribution in [3.05, 3.63) is 48.6 Å². The maximum Gasteiger partial charge on any atom is 0.0542 e. The molecule has 3 nitrogen and oxygen atoms in total. The topological polar surface area (TPSA) is 41.3 Å². The van der Waals surface area contributed by atoms with Crippen LogP contribution in [0.4, 0.5) is 5.69 Å². The number of hydrogen-bond acceptors (Lipinski definition) is 3. The van der Waals surface area contributed by atoms with Gasteiger partial charge in [-0.2, -0.15) is 0 Å². The van der Waals surface area contributed by atoms with Crippen molar-refractivity contribution in [3.8, 4) is 0 Å². The molecular formula is C13H19N3. The van der Waals surface area contributed by atoms with Gasteiger partial charge in [0.25, 0.3) is 0 Å². The summed E-state index contributed by atoms with van der Waals surface area (Å²) < 4.78 is 0. The first-order valence-electron chi connectivity index (χ1n) is 5.30. The van der Waals surface area contributed by atoms with E-state index in [1.165, 1.54) is 0 Å². The monoisotopic (exact) mass is 217 g/mol. The second-order valence-corrected chi connectivity index (χ2v) is 3.46. The Labute approximate surface area is 97.2 Å². The first-order valence-corrected chi connectivity index (χ1v) is 5.30. The Balaban J connectivity index is 2.87. The molecule has 0 heterocycles. The third kappa shape index (κ3) is 2.87. The number of benzene rings is 1. The van der Waals surface area contributed by atoms with Crippen LogP contribution >= 0.6 is 0 Å². The fourth-order valence-electron chi connectivity index (χ4n) is 1.44. The van der Waals surface area contributed by atoms with Crippen molar-refractivity contribution in [3.63, 3.8) is 0 Å². The number of anilines is 1. The number of hydrazine groups is 1. The minimum atomic E-state index is 0.660. The lowest BCUT2D eigenvalue weighted by Crippen LogP contribution is -2.29. The van der Waals surface area contributed by atoms with Gasteiger partial charge in [-0.25, -0.2) is 5.84 Å². The summed E-state index contributed by atoms with van der Waals surface area (Å²) in [5.74, 6) is 5.91. The molecule has 0 aliphatic carbocycles. The number of rotatable bonds is 5. The smallest absolute Gasteiger partial charge is 0.0542 e. The highest BCUT2D eigenvalue weighted by Gasteiger charge is 2.07. The Morgan fingerprint density at radius 3 is 2.81 bits per heavy atom. The van der Waals surface area contributed by atoms with E-state index in [0.717, 1.165) is 16.9 Å². The van der Waals surface area contributed by atoms with Crippen LogP contribution in [-0.2, 0) is 0 Å². The van der Waals surface area contributed by atoms with Crippen LogP contribution in [0.5, 0.6) is 0 Å². The van der Waals surface area contributed by atoms with Gasteiger partial charge in [0.15, 0.2) is 0 Å². The molecule has 0 radical (unpaired) electrons. The molecule has 0 unspecified atom stereocenters. The summed E-state index contributed by atoms with van der Waals surface area (Å²) in [6.07, 6.45) is 3.96. The molecule has 0 aromatic heterocycles. The number of hydrogen-bond donors (Lipinski definition) is 2. The molecule has 16 heavy (non-hydrogen) atoms. The molecule has 0 aliphatic rings. The molecule has 1 aromatic rings. The molecule has 3 N–H and O–H groups in total. The van der Waals surface area contributed by atoms with Crippen LogP contribution in [0.3, 0.4) is 0 Å². The molecule has 0 saturated carbocycles. The summed E-state index contributed by atoms with van der Waals surface area (Å²) in [6.45, 7) is 6.64. The van der Waals surface area contributed by atoms with E-state index in [-0.39, 0.29) is 0 Å². The normalized spacial score (nSPS) is 10.4. The van der Waals surface area contributed by atoms with Crippen LogP contribution in [0, 0.1) is 0 Å². The van der Waals surface area contributed by atoms with Crippen LogP contribution in [0.2, 0.25) is 0 Å². The average molecular weight is 217 g/mol. The van der Waals surface area contributed by atoms with Crippen molar-refractivity contribution in [2.75, 3.05) is 18.9 Å². The van der Waals surface area contributed by atoms with Crippen molar-refractivity contribution in [1.82, 2.24) is 5.01 Å². The fraction of sp³-hybridized carbons (Fsp3) is 0.231. The van der Waals surface area contributed by atoms with Gasteiger partial charge in [-0.05, 0) is 13.0 Å². The molecule has 0 bridgehead atoms. The second kappa shape index (κ2) is 5.98. The number of nitrogens with zero attached hydrogens (tertiary/aromatic N) is 1. The van der Waals surface area contributed by atoms with Crippen molar-refractivity contribution in [2.45, 2.75) is 6.92 Å². The van der Waals surface area contributed by atoms with Gasteiger partial charge in [-0.1, -0.05) is 36.9 Å². The summed E-state index contributed by atoms with van der Waals surface area (Å²) in [6, 6.07) is 7.97. The van der Waals surface area contributed by atoms with Crippen LogP contribution in [0.15, 0.2) is 43.0 Å². The minimum absolute atomic E-state index is 0.660. The standard InChI is InChI=1S/C13H19N3/c1-4-5-10-16(14)11(2)12-8-6-7-9-13(12)15-3/h4-9,15H,2,10,14H2,1,3H3/b5-4+. The summed E-state index contributed by atoms with van der Waals surface area (Å²) in [7, 11) is 1.89. The van der Waals surface area contributed by atoms with Crippen LogP contribution in [0.1, 0.15) is 12.5 Å². The van der Waals surface area contributed by atoms with Gasteiger partial charge in [0.05, 0.1) is 12.2 Å². The maximum absolute atomic E-state index is 5.91. The van der Waals surface area contributed by atoms with E-state index in [0.29, 0.717) is 6.54 Å². The SMILES string of the molecule is C=C(c1ccccc1NC)N(N)C/C=C/C. The Morgan fingerprint density at radius 1 is 1.50 bits per heavy atom. The van der Waals surface area contributed by atoms with Gasteiger partial charge in [-0.3, -0.25) is 0 Å². The number of para-hydroxylation sites is 1. The molecule has 0 saturated heterocycles. The summed E-state index contributed by atoms with van der Waals surface area (Å²) >= 11 is 0. The van der Waals surface area contributed by atoms with Gasteiger partial charge in [-0.15, -0.1) is 0 Å². The Hall–Kier alpha value is -1.74. The Morgan fingerprint density at radius 2 is 2.19 bits per heavy atom. The first-order chi connectivity index (χ1) is 7.70. The van der Waals surface area contributed by atoms with Gasteiger partial charge < -0.3 is 10.3 Å². The highest BCUT2D eigenvalue weighted by molar-refractivity contribution is 5.73. The second-order valence-electron chi connectivity index (χ2n) is 3.46. The van der Waals surface area contributed by atoms with E-state index in [1.54, 1.807) is 5.01 Å². The van der Waals surface area contributed by atoms with Crippen LogP contribution in [-0.4, -0.2) is 18.6 Å². The van der Waals surface area contributed by atoms with Crippen molar-refractivity contribution >= 4 is 11.4 Å². The predicted octanol–water partition coefficient (Wildman–Crippen LogP) is 2.45. The van der Waals surface area contributed by atoms with Gasteiger partial charge in [0, 0.05) is 18.3 Å². The lowest BCUT2D eigenvalue weighted by molar-refractivity contribution is 0.464. The van der Waals surface area contributed by atoms with Gasteiger partial charge >= 0.3 is 0 Å². The molecule has 86 valence electrons. The predicted molar refractivity (Wildman–Crippen MR) is 70.7 cm³/mol. The molecule has 1 aromatic carbocycles. The maximum atomic E-state index is 5.91. The average Bonchev–Trinajstić information content (AvgIpc) is 2.34. The zero-order chi connectivity index (χ0) is 12.0. The van der Waals surface area contributed by atoms with E-state index >= 15 is 0 Å². The number of allylic oxidation sites excluding steroid dienone is 1. The highest BCUT2D eigenvalue weighted by Crippen LogP contribution is 2.23. The summed E-state index contributed by atoms with van der Waals surface area (Å²) in [5.41, 5.74) is 2.86. The van der Waals surface area contributed by atoms with E-state index in [9.17, 15) is 0 Å². The van der Waals surface area contributed by atoms with E-state index in [4.69, 9.17) is 5.84 Å². The van der Waals surface area contributed by atoms with E-state index in [1.807, 2.05) is 50.4 Å². The fourth-order valence-corrected chi connectivity index (χ4v) is 1.44. The first kappa shape index (κ1) is 12.3. The van der Waals surface area contributed by atoms with Crippen LogP contribution in [0.25, 0.3) is 5.70 Å². The largest absolute Gasteiger partial charge is 0.388 e. The summed E-state index contributed by atoms with van der Waals surface area (Å²) in [4.78, 5) is 0. The molecule has 0 spiro atoms. The third-order valence-electron chi connectivity index (χ3n) is 2.39. The third-order valence-corrected chi connectivity index (χ3v) is 2.39. The van der Waals surface area contributed by atoms with Crippen LogP contribution < -0.4 is 11.2 Å². The van der Waals surface area contributed by atoms with Crippen molar-refractivity contribution in [2.24, 2.45) is 5.84 Å². The molecule has 0 amide bonds. The lowest BCUT2D eigenvalue weighted by atomic mass is 10.1. The Bertz CT molecular complexity index is 383. The van der Waals surface area contributed by atoms with Gasteiger partial charge in [0.2, 0.25) is 0 Å². The number of nitrogens with one attached hydrogen (secondary N) is 1. The zero-order valence-electron chi connectivity index (χ0n) is 9.90. The highest BCUT2D eigenvalue weighted by atomic mass is 15.4. The minimum Gasteiger partial charge on any atom is -0.388 e. The van der Waals surface area contributed by atoms with Gasteiger partial charge in [0.1, 0.15) is 0 Å². The van der Waals surface area contributed by atoms with E-state index in [2.05, 4.69) is 11.9 Å². The Kier molecular flexibility index (Phi) is 4.61.